The van der Waals surface area contributed by atoms with E-state index in [4.69, 9.17) is 10.2 Å². The van der Waals surface area contributed by atoms with Crippen LogP contribution in [-0.2, 0) is 0 Å². The van der Waals surface area contributed by atoms with Gasteiger partial charge in [-0.2, -0.15) is 0 Å². The van der Waals surface area contributed by atoms with Crippen LogP contribution in [0.1, 0.15) is 18.9 Å². The molecule has 2 rings (SSSR count). The zero-order valence-corrected chi connectivity index (χ0v) is 10.2. The van der Waals surface area contributed by atoms with E-state index in [-0.39, 0.29) is 11.9 Å². The standard InChI is InChI=1S/C11H10BrFN2O/c1-6(14)11-15-5-10(16-11)7-2-8(12)4-9(13)3-7/h2-6H,14H2,1H3. The highest BCUT2D eigenvalue weighted by atomic mass is 79.9. The quantitative estimate of drug-likeness (QED) is 0.921. The Balaban J connectivity index is 2.42. The van der Waals surface area contributed by atoms with Crippen LogP contribution in [0.3, 0.4) is 0 Å². The van der Waals surface area contributed by atoms with Crippen molar-refractivity contribution in [1.82, 2.24) is 4.98 Å². The number of benzene rings is 1. The Morgan fingerprint density at radius 1 is 1.44 bits per heavy atom. The van der Waals surface area contributed by atoms with Gasteiger partial charge in [-0.3, -0.25) is 0 Å². The summed E-state index contributed by atoms with van der Waals surface area (Å²) in [4.78, 5) is 4.02. The summed E-state index contributed by atoms with van der Waals surface area (Å²) in [5.74, 6) is 0.617. The second kappa shape index (κ2) is 4.35. The molecule has 0 aliphatic heterocycles. The molecule has 1 heterocycles. The van der Waals surface area contributed by atoms with Crippen molar-refractivity contribution in [1.29, 1.82) is 0 Å². The van der Waals surface area contributed by atoms with Gasteiger partial charge in [0, 0.05) is 10.0 Å². The Kier molecular flexibility index (Phi) is 3.07. The van der Waals surface area contributed by atoms with Crippen LogP contribution < -0.4 is 5.73 Å². The topological polar surface area (TPSA) is 52.0 Å². The third kappa shape index (κ3) is 2.31. The first-order valence-electron chi connectivity index (χ1n) is 4.74. The van der Waals surface area contributed by atoms with E-state index in [9.17, 15) is 4.39 Å². The van der Waals surface area contributed by atoms with E-state index in [1.54, 1.807) is 19.2 Å². The summed E-state index contributed by atoms with van der Waals surface area (Å²) < 4.78 is 19.2. The lowest BCUT2D eigenvalue weighted by Gasteiger charge is -1.99. The van der Waals surface area contributed by atoms with Gasteiger partial charge in [-0.15, -0.1) is 0 Å². The first kappa shape index (κ1) is 11.3. The summed E-state index contributed by atoms with van der Waals surface area (Å²) in [7, 11) is 0. The molecule has 1 aromatic carbocycles. The maximum Gasteiger partial charge on any atom is 0.211 e. The van der Waals surface area contributed by atoms with Gasteiger partial charge in [-0.1, -0.05) is 15.9 Å². The molecule has 0 aliphatic carbocycles. The minimum Gasteiger partial charge on any atom is -0.439 e. The van der Waals surface area contributed by atoms with Gasteiger partial charge in [0.25, 0.3) is 0 Å². The number of nitrogens with two attached hydrogens (primary N) is 1. The highest BCUT2D eigenvalue weighted by molar-refractivity contribution is 9.10. The lowest BCUT2D eigenvalue weighted by atomic mass is 10.2. The SMILES string of the molecule is CC(N)c1ncc(-c2cc(F)cc(Br)c2)o1. The molecule has 1 aromatic heterocycles. The van der Waals surface area contributed by atoms with Crippen LogP contribution in [0, 0.1) is 5.82 Å². The van der Waals surface area contributed by atoms with Crippen molar-refractivity contribution >= 4 is 15.9 Å². The van der Waals surface area contributed by atoms with E-state index in [0.29, 0.717) is 21.7 Å². The highest BCUT2D eigenvalue weighted by Crippen LogP contribution is 2.26. The number of hydrogen-bond acceptors (Lipinski definition) is 3. The molecule has 2 N–H and O–H groups in total. The minimum atomic E-state index is -0.330. The fraction of sp³-hybridized carbons (Fsp3) is 0.182. The van der Waals surface area contributed by atoms with Crippen LogP contribution in [0.25, 0.3) is 11.3 Å². The molecule has 84 valence electrons. The van der Waals surface area contributed by atoms with Crippen LogP contribution >= 0.6 is 15.9 Å². The molecule has 0 aliphatic rings. The molecule has 0 radical (unpaired) electrons. The largest absolute Gasteiger partial charge is 0.439 e. The van der Waals surface area contributed by atoms with Gasteiger partial charge in [-0.25, -0.2) is 9.37 Å². The predicted molar refractivity (Wildman–Crippen MR) is 62.2 cm³/mol. The molecule has 1 atom stereocenters. The zero-order chi connectivity index (χ0) is 11.7. The number of oxazole rings is 1. The Hall–Kier alpha value is -1.20. The molecule has 0 spiro atoms. The summed E-state index contributed by atoms with van der Waals surface area (Å²) in [6.45, 7) is 1.77. The normalized spacial score (nSPS) is 12.8. The van der Waals surface area contributed by atoms with Crippen LogP contribution in [-0.4, -0.2) is 4.98 Å². The van der Waals surface area contributed by atoms with Gasteiger partial charge in [0.1, 0.15) is 5.82 Å². The van der Waals surface area contributed by atoms with Gasteiger partial charge in [-0.05, 0) is 25.1 Å². The maximum atomic E-state index is 13.2. The van der Waals surface area contributed by atoms with Gasteiger partial charge in [0.05, 0.1) is 12.2 Å². The van der Waals surface area contributed by atoms with E-state index in [0.717, 1.165) is 0 Å². The third-order valence-electron chi connectivity index (χ3n) is 2.06. The van der Waals surface area contributed by atoms with E-state index < -0.39 is 0 Å². The van der Waals surface area contributed by atoms with Gasteiger partial charge >= 0.3 is 0 Å². The number of nitrogens with zero attached hydrogens (tertiary/aromatic N) is 1. The average molecular weight is 285 g/mol. The second-order valence-electron chi connectivity index (χ2n) is 3.51. The van der Waals surface area contributed by atoms with Crippen molar-refractivity contribution in [2.75, 3.05) is 0 Å². The van der Waals surface area contributed by atoms with Crippen molar-refractivity contribution in [2.45, 2.75) is 13.0 Å². The number of hydrogen-bond donors (Lipinski definition) is 1. The average Bonchev–Trinajstić information content (AvgIpc) is 2.64. The van der Waals surface area contributed by atoms with Crippen molar-refractivity contribution in [3.05, 3.63) is 40.6 Å². The fourth-order valence-electron chi connectivity index (χ4n) is 1.33. The molecular weight excluding hydrogens is 275 g/mol. The maximum absolute atomic E-state index is 13.2. The summed E-state index contributed by atoms with van der Waals surface area (Å²) in [5.41, 5.74) is 6.26. The summed E-state index contributed by atoms with van der Waals surface area (Å²) in [6, 6.07) is 4.25. The van der Waals surface area contributed by atoms with Gasteiger partial charge in [0.15, 0.2) is 5.76 Å². The van der Waals surface area contributed by atoms with Crippen LogP contribution in [0.15, 0.2) is 33.3 Å². The molecule has 0 bridgehead atoms. The third-order valence-corrected chi connectivity index (χ3v) is 2.52. The molecular formula is C11H10BrFN2O. The van der Waals surface area contributed by atoms with Crippen LogP contribution in [0.4, 0.5) is 4.39 Å². The Labute approximate surface area is 101 Å². The minimum absolute atomic E-state index is 0.272. The van der Waals surface area contributed by atoms with E-state index in [1.807, 2.05) is 0 Å². The lowest BCUT2D eigenvalue weighted by Crippen LogP contribution is -2.04. The Morgan fingerprint density at radius 3 is 2.75 bits per heavy atom. The summed E-state index contributed by atoms with van der Waals surface area (Å²) >= 11 is 3.22. The van der Waals surface area contributed by atoms with E-state index in [1.165, 1.54) is 12.1 Å². The number of rotatable bonds is 2. The van der Waals surface area contributed by atoms with E-state index >= 15 is 0 Å². The monoisotopic (exact) mass is 284 g/mol. The van der Waals surface area contributed by atoms with Crippen molar-refractivity contribution in [3.8, 4) is 11.3 Å². The van der Waals surface area contributed by atoms with Gasteiger partial charge < -0.3 is 10.2 Å². The molecule has 3 nitrogen and oxygen atoms in total. The Morgan fingerprint density at radius 2 is 2.19 bits per heavy atom. The molecule has 16 heavy (non-hydrogen) atoms. The molecule has 0 amide bonds. The van der Waals surface area contributed by atoms with Crippen LogP contribution in [0.5, 0.6) is 0 Å². The van der Waals surface area contributed by atoms with Crippen molar-refractivity contribution < 1.29 is 8.81 Å². The number of halogens is 2. The van der Waals surface area contributed by atoms with Crippen LogP contribution in [0.2, 0.25) is 0 Å². The zero-order valence-electron chi connectivity index (χ0n) is 8.58. The molecule has 0 fully saturated rings. The predicted octanol–water partition coefficient (Wildman–Crippen LogP) is 3.26. The summed E-state index contributed by atoms with van der Waals surface area (Å²) in [6.07, 6.45) is 1.54. The highest BCUT2D eigenvalue weighted by Gasteiger charge is 2.10. The number of aromatic nitrogens is 1. The second-order valence-corrected chi connectivity index (χ2v) is 4.43. The summed E-state index contributed by atoms with van der Waals surface area (Å²) in [5, 5.41) is 0. The lowest BCUT2D eigenvalue weighted by molar-refractivity contribution is 0.473. The van der Waals surface area contributed by atoms with Crippen molar-refractivity contribution in [2.24, 2.45) is 5.73 Å². The molecule has 0 saturated heterocycles. The smallest absolute Gasteiger partial charge is 0.211 e. The van der Waals surface area contributed by atoms with E-state index in [2.05, 4.69) is 20.9 Å². The fourth-order valence-corrected chi connectivity index (χ4v) is 1.79. The first-order chi connectivity index (χ1) is 7.56. The molecule has 5 heteroatoms. The van der Waals surface area contributed by atoms with Crippen molar-refractivity contribution in [3.63, 3.8) is 0 Å². The Bertz CT molecular complexity index is 490. The first-order valence-corrected chi connectivity index (χ1v) is 5.53. The molecule has 1 unspecified atom stereocenters. The van der Waals surface area contributed by atoms with Gasteiger partial charge in [0.2, 0.25) is 5.89 Å². The molecule has 0 saturated carbocycles. The molecule has 2 aromatic rings.